The molecule has 1 rings (SSSR count). The number of benzene rings is 1. The molecule has 0 saturated carbocycles. The van der Waals surface area contributed by atoms with Gasteiger partial charge in [0.1, 0.15) is 5.75 Å². The third kappa shape index (κ3) is 4.34. The van der Waals surface area contributed by atoms with Gasteiger partial charge >= 0.3 is 12.3 Å². The molecule has 1 aromatic rings. The van der Waals surface area contributed by atoms with Crippen LogP contribution in [-0.4, -0.2) is 19.4 Å². The highest BCUT2D eigenvalue weighted by molar-refractivity contribution is 5.73. The van der Waals surface area contributed by atoms with Crippen LogP contribution in [0.25, 0.3) is 0 Å². The summed E-state index contributed by atoms with van der Waals surface area (Å²) in [5.74, 6) is -0.862. The van der Waals surface area contributed by atoms with E-state index in [1.807, 2.05) is 0 Å². The van der Waals surface area contributed by atoms with Gasteiger partial charge in [0, 0.05) is 0 Å². The minimum absolute atomic E-state index is 0.0859. The number of methoxy groups -OCH3 is 1. The van der Waals surface area contributed by atoms with Crippen LogP contribution >= 0.6 is 0 Å². The molecule has 0 aliphatic heterocycles. The van der Waals surface area contributed by atoms with Crippen LogP contribution in [0.1, 0.15) is 11.1 Å². The van der Waals surface area contributed by atoms with E-state index in [9.17, 15) is 18.0 Å². The minimum atomic E-state index is -4.74. The molecule has 0 spiro atoms. The van der Waals surface area contributed by atoms with Gasteiger partial charge < -0.3 is 9.47 Å². The number of alkyl halides is 3. The molecule has 0 atom stereocenters. The molecule has 94 valence electrons. The van der Waals surface area contributed by atoms with Crippen molar-refractivity contribution < 1.29 is 27.4 Å². The van der Waals surface area contributed by atoms with Crippen molar-refractivity contribution in [2.75, 3.05) is 7.11 Å². The van der Waals surface area contributed by atoms with Gasteiger partial charge in [-0.2, -0.15) is 0 Å². The van der Waals surface area contributed by atoms with E-state index in [1.165, 1.54) is 25.3 Å². The average molecular weight is 248 g/mol. The van der Waals surface area contributed by atoms with Crippen molar-refractivity contribution >= 4 is 5.97 Å². The first-order chi connectivity index (χ1) is 7.81. The fraction of sp³-hybridized carbons (Fsp3) is 0.364. The van der Waals surface area contributed by atoms with Crippen molar-refractivity contribution in [3.63, 3.8) is 0 Å². The number of hydrogen-bond acceptors (Lipinski definition) is 3. The Bertz CT molecular complexity index is 413. The van der Waals surface area contributed by atoms with Crippen molar-refractivity contribution in [3.8, 4) is 5.75 Å². The SMILES string of the molecule is COC(=O)Cc1cc(OC(F)(F)F)ccc1C. The lowest BCUT2D eigenvalue weighted by Gasteiger charge is -2.11. The second-order valence-corrected chi connectivity index (χ2v) is 3.39. The molecule has 0 aliphatic carbocycles. The molecule has 1 aromatic carbocycles. The first-order valence-electron chi connectivity index (χ1n) is 4.74. The Hall–Kier alpha value is -1.72. The van der Waals surface area contributed by atoms with E-state index in [0.717, 1.165) is 0 Å². The van der Waals surface area contributed by atoms with Crippen LogP contribution in [0.3, 0.4) is 0 Å². The van der Waals surface area contributed by atoms with Crippen LogP contribution in [0.5, 0.6) is 5.75 Å². The molecule has 0 amide bonds. The van der Waals surface area contributed by atoms with Crippen LogP contribution in [0, 0.1) is 6.92 Å². The smallest absolute Gasteiger partial charge is 0.469 e. The molecule has 0 aromatic heterocycles. The lowest BCUT2D eigenvalue weighted by molar-refractivity contribution is -0.274. The maximum absolute atomic E-state index is 12.0. The Balaban J connectivity index is 2.90. The predicted octanol–water partition coefficient (Wildman–Crippen LogP) is 2.61. The monoisotopic (exact) mass is 248 g/mol. The Morgan fingerprint density at radius 1 is 1.35 bits per heavy atom. The Kier molecular flexibility index (Phi) is 3.98. The molecule has 0 bridgehead atoms. The Morgan fingerprint density at radius 2 is 2.00 bits per heavy atom. The van der Waals surface area contributed by atoms with Gasteiger partial charge in [0.2, 0.25) is 0 Å². The minimum Gasteiger partial charge on any atom is -0.469 e. The Morgan fingerprint density at radius 3 is 2.53 bits per heavy atom. The van der Waals surface area contributed by atoms with Gasteiger partial charge in [-0.05, 0) is 30.2 Å². The molecule has 0 fully saturated rings. The normalized spacial score (nSPS) is 11.1. The summed E-state index contributed by atoms with van der Waals surface area (Å²) in [6.07, 6.45) is -4.82. The van der Waals surface area contributed by atoms with E-state index in [-0.39, 0.29) is 12.2 Å². The summed E-state index contributed by atoms with van der Waals surface area (Å²) in [6.45, 7) is 1.69. The fourth-order valence-corrected chi connectivity index (χ4v) is 1.26. The molecule has 0 saturated heterocycles. The highest BCUT2D eigenvalue weighted by Crippen LogP contribution is 2.25. The predicted molar refractivity (Wildman–Crippen MR) is 53.6 cm³/mol. The number of carbonyl (C=O) groups excluding carboxylic acids is 1. The van der Waals surface area contributed by atoms with Gasteiger partial charge in [-0.3, -0.25) is 4.79 Å². The molecule has 0 unspecified atom stereocenters. The zero-order chi connectivity index (χ0) is 13.1. The Labute approximate surface area is 96.1 Å². The van der Waals surface area contributed by atoms with E-state index >= 15 is 0 Å². The van der Waals surface area contributed by atoms with Crippen molar-refractivity contribution in [3.05, 3.63) is 29.3 Å². The number of carbonyl (C=O) groups is 1. The van der Waals surface area contributed by atoms with Gasteiger partial charge in [0.25, 0.3) is 0 Å². The quantitative estimate of drug-likeness (QED) is 0.771. The van der Waals surface area contributed by atoms with E-state index < -0.39 is 12.3 Å². The summed E-state index contributed by atoms with van der Waals surface area (Å²) in [5.41, 5.74) is 1.14. The molecule has 0 radical (unpaired) electrons. The van der Waals surface area contributed by atoms with Crippen molar-refractivity contribution in [2.45, 2.75) is 19.7 Å². The second-order valence-electron chi connectivity index (χ2n) is 3.39. The second kappa shape index (κ2) is 5.07. The first-order valence-corrected chi connectivity index (χ1v) is 4.74. The largest absolute Gasteiger partial charge is 0.573 e. The summed E-state index contributed by atoms with van der Waals surface area (Å²) >= 11 is 0. The van der Waals surface area contributed by atoms with Gasteiger partial charge in [-0.15, -0.1) is 13.2 Å². The van der Waals surface area contributed by atoms with Gasteiger partial charge in [0.05, 0.1) is 13.5 Å². The summed E-state index contributed by atoms with van der Waals surface area (Å²) in [6, 6.07) is 3.84. The van der Waals surface area contributed by atoms with Crippen LogP contribution < -0.4 is 4.74 Å². The number of esters is 1. The summed E-state index contributed by atoms with van der Waals surface area (Å²) in [7, 11) is 1.22. The molecule has 0 N–H and O–H groups in total. The maximum Gasteiger partial charge on any atom is 0.573 e. The highest BCUT2D eigenvalue weighted by Gasteiger charge is 2.31. The summed E-state index contributed by atoms with van der Waals surface area (Å²) in [4.78, 5) is 11.0. The maximum atomic E-state index is 12.0. The van der Waals surface area contributed by atoms with Crippen LogP contribution in [0.15, 0.2) is 18.2 Å². The van der Waals surface area contributed by atoms with Gasteiger partial charge in [-0.25, -0.2) is 0 Å². The topological polar surface area (TPSA) is 35.5 Å². The van der Waals surface area contributed by atoms with Crippen LogP contribution in [0.4, 0.5) is 13.2 Å². The molecule has 3 nitrogen and oxygen atoms in total. The lowest BCUT2D eigenvalue weighted by Crippen LogP contribution is -2.17. The molecular weight excluding hydrogens is 237 g/mol. The van der Waals surface area contributed by atoms with E-state index in [2.05, 4.69) is 9.47 Å². The number of halogens is 3. The van der Waals surface area contributed by atoms with E-state index in [4.69, 9.17) is 0 Å². The third-order valence-electron chi connectivity index (χ3n) is 2.12. The van der Waals surface area contributed by atoms with Crippen molar-refractivity contribution in [2.24, 2.45) is 0 Å². The van der Waals surface area contributed by atoms with Crippen LogP contribution in [0.2, 0.25) is 0 Å². The van der Waals surface area contributed by atoms with Crippen LogP contribution in [-0.2, 0) is 16.0 Å². The fourth-order valence-electron chi connectivity index (χ4n) is 1.26. The summed E-state index contributed by atoms with van der Waals surface area (Å²) in [5, 5.41) is 0. The molecule has 0 aliphatic rings. The van der Waals surface area contributed by atoms with Gasteiger partial charge in [-0.1, -0.05) is 6.07 Å². The highest BCUT2D eigenvalue weighted by atomic mass is 19.4. The standard InChI is InChI=1S/C11H11F3O3/c1-7-3-4-9(17-11(12,13)14)5-8(7)6-10(15)16-2/h3-5H,6H2,1-2H3. The molecular formula is C11H11F3O3. The van der Waals surface area contributed by atoms with E-state index in [0.29, 0.717) is 11.1 Å². The van der Waals surface area contributed by atoms with E-state index in [1.54, 1.807) is 6.92 Å². The summed E-state index contributed by atoms with van der Waals surface area (Å²) < 4.78 is 44.2. The number of hydrogen-bond donors (Lipinski definition) is 0. The van der Waals surface area contributed by atoms with Crippen molar-refractivity contribution in [1.29, 1.82) is 0 Å². The number of ether oxygens (including phenoxy) is 2. The van der Waals surface area contributed by atoms with Gasteiger partial charge in [0.15, 0.2) is 0 Å². The molecule has 0 heterocycles. The number of aryl methyl sites for hydroxylation is 1. The third-order valence-corrected chi connectivity index (χ3v) is 2.12. The molecule has 17 heavy (non-hydrogen) atoms. The zero-order valence-corrected chi connectivity index (χ0v) is 9.30. The van der Waals surface area contributed by atoms with Crippen molar-refractivity contribution in [1.82, 2.24) is 0 Å². The zero-order valence-electron chi connectivity index (χ0n) is 9.30. The first kappa shape index (κ1) is 13.3. The number of rotatable bonds is 3. The molecule has 6 heteroatoms. The lowest BCUT2D eigenvalue weighted by atomic mass is 10.1. The average Bonchev–Trinajstić information content (AvgIpc) is 2.20.